The van der Waals surface area contributed by atoms with Gasteiger partial charge in [0.25, 0.3) is 0 Å². The number of hydrogen-bond donors (Lipinski definition) is 2. The largest absolute Gasteiger partial charge is 0.573 e. The average molecular weight is 658 g/mol. The molecule has 4 rings (SSSR count). The van der Waals surface area contributed by atoms with Gasteiger partial charge in [-0.1, -0.05) is 6.07 Å². The van der Waals surface area contributed by atoms with Crippen LogP contribution in [0.2, 0.25) is 0 Å². The number of nitrogens with two attached hydrogens (primary N) is 2. The first-order valence-electron chi connectivity index (χ1n) is 12.8. The Kier molecular flexibility index (Phi) is 9.60. The molecular formula is C29H26F7N5O3S. The van der Waals surface area contributed by atoms with Crippen molar-refractivity contribution < 1.29 is 44.4 Å². The molecule has 0 aliphatic carbocycles. The van der Waals surface area contributed by atoms with Crippen molar-refractivity contribution >= 4 is 22.2 Å². The maximum Gasteiger partial charge on any atom is 0.573 e. The van der Waals surface area contributed by atoms with Crippen LogP contribution in [0, 0.1) is 12.7 Å². The summed E-state index contributed by atoms with van der Waals surface area (Å²) in [4.78, 5) is 3.78. The van der Waals surface area contributed by atoms with Crippen LogP contribution in [0.25, 0.3) is 22.5 Å². The number of aryl methyl sites for hydroxylation is 1. The van der Waals surface area contributed by atoms with Crippen molar-refractivity contribution in [3.63, 3.8) is 0 Å². The van der Waals surface area contributed by atoms with Crippen molar-refractivity contribution in [2.45, 2.75) is 31.0 Å². The quantitative estimate of drug-likeness (QED) is 0.121. The summed E-state index contributed by atoms with van der Waals surface area (Å²) in [7, 11) is -0.257. The van der Waals surface area contributed by atoms with Crippen LogP contribution in [0.5, 0.6) is 5.75 Å². The molecule has 1 unspecified atom stereocenters. The minimum absolute atomic E-state index is 0.0396. The first-order chi connectivity index (χ1) is 21.0. The molecule has 3 aromatic carbocycles. The summed E-state index contributed by atoms with van der Waals surface area (Å²) >= 11 is 0. The van der Waals surface area contributed by atoms with Gasteiger partial charge < -0.3 is 19.8 Å². The van der Waals surface area contributed by atoms with Crippen molar-refractivity contribution in [2.24, 2.45) is 11.6 Å². The van der Waals surface area contributed by atoms with Crippen LogP contribution < -0.4 is 21.3 Å². The number of hydrazine groups is 1. The lowest BCUT2D eigenvalue weighted by atomic mass is 10.0. The molecule has 4 N–H and O–H groups in total. The number of hydrogen-bond acceptors (Lipinski definition) is 7. The minimum atomic E-state index is -4.92. The second-order valence-electron chi connectivity index (χ2n) is 9.56. The highest BCUT2D eigenvalue weighted by Crippen LogP contribution is 2.37. The van der Waals surface area contributed by atoms with E-state index in [1.54, 1.807) is 0 Å². The van der Waals surface area contributed by atoms with E-state index in [1.807, 2.05) is 0 Å². The molecule has 240 valence electrons. The van der Waals surface area contributed by atoms with Gasteiger partial charge in [0.15, 0.2) is 5.69 Å². The summed E-state index contributed by atoms with van der Waals surface area (Å²) in [5.74, 6) is 5.25. The number of ether oxygens (including phenoxy) is 2. The highest BCUT2D eigenvalue weighted by molar-refractivity contribution is 7.84. The minimum Gasteiger partial charge on any atom is -0.406 e. The van der Waals surface area contributed by atoms with Crippen molar-refractivity contribution in [3.8, 4) is 22.6 Å². The lowest BCUT2D eigenvalue weighted by Gasteiger charge is -2.26. The first kappa shape index (κ1) is 33.5. The van der Waals surface area contributed by atoms with Gasteiger partial charge in [0.1, 0.15) is 17.4 Å². The zero-order valence-corrected chi connectivity index (χ0v) is 24.6. The third-order valence-corrected chi connectivity index (χ3v) is 7.54. The van der Waals surface area contributed by atoms with Gasteiger partial charge in [-0.15, -0.1) is 13.2 Å². The molecule has 0 bridgehead atoms. The molecular weight excluding hydrogens is 631 g/mol. The summed E-state index contributed by atoms with van der Waals surface area (Å²) in [6.07, 6.45) is -6.48. The summed E-state index contributed by atoms with van der Waals surface area (Å²) in [5, 5.41) is 1.01. The highest BCUT2D eigenvalue weighted by Gasteiger charge is 2.35. The van der Waals surface area contributed by atoms with Crippen LogP contribution in [0.3, 0.4) is 0 Å². The average Bonchev–Trinajstić information content (AvgIpc) is 3.36. The molecule has 0 fully saturated rings. The number of alkyl halides is 6. The Labute approximate surface area is 255 Å². The van der Waals surface area contributed by atoms with Crippen LogP contribution in [0.4, 0.5) is 36.4 Å². The molecule has 1 aromatic heterocycles. The monoisotopic (exact) mass is 657 g/mol. The van der Waals surface area contributed by atoms with Gasteiger partial charge in [-0.05, 0) is 66.6 Å². The number of halogens is 7. The van der Waals surface area contributed by atoms with Crippen LogP contribution in [-0.4, -0.2) is 33.5 Å². The maximum absolute atomic E-state index is 15.2. The molecule has 0 saturated carbocycles. The fraction of sp³-hybridized carbons (Fsp3) is 0.207. The molecule has 1 heterocycles. The first-order valence-corrected chi connectivity index (χ1v) is 14.4. The molecule has 0 amide bonds. The Hall–Kier alpha value is -4.41. The van der Waals surface area contributed by atoms with Gasteiger partial charge in [0, 0.05) is 41.8 Å². The standard InChI is InChI=1S/C29H26F7N5O3S/c1-16-39-27(28(31,32)33)14-40(16)23-9-6-18(19-10-22(30)21(15-43-2)26(12-19)45(3)42)11-24(23)41(38)25(13-37)17-4-7-20(8-5-17)44-29(34,35)36/h4-14H,15,37-38H2,1-3H3/b25-13-. The van der Waals surface area contributed by atoms with Crippen molar-refractivity contribution in [1.29, 1.82) is 0 Å². The summed E-state index contributed by atoms with van der Waals surface area (Å²) < 4.78 is 116. The highest BCUT2D eigenvalue weighted by atomic mass is 32.2. The Balaban J connectivity index is 1.90. The third-order valence-electron chi connectivity index (χ3n) is 6.55. The van der Waals surface area contributed by atoms with Crippen LogP contribution in [0.1, 0.15) is 22.6 Å². The smallest absolute Gasteiger partial charge is 0.406 e. The van der Waals surface area contributed by atoms with Gasteiger partial charge in [0.2, 0.25) is 0 Å². The fourth-order valence-corrected chi connectivity index (χ4v) is 5.34. The number of benzene rings is 3. The lowest BCUT2D eigenvalue weighted by Crippen LogP contribution is -2.31. The molecule has 8 nitrogen and oxygen atoms in total. The number of methoxy groups -OCH3 is 1. The number of nitrogens with zero attached hydrogens (tertiary/aromatic N) is 3. The van der Waals surface area contributed by atoms with E-state index in [1.165, 1.54) is 62.8 Å². The molecule has 0 saturated heterocycles. The molecule has 0 aliphatic rings. The molecule has 4 aromatic rings. The molecule has 16 heteroatoms. The van der Waals surface area contributed by atoms with Crippen LogP contribution in [0.15, 0.2) is 71.9 Å². The molecule has 1 atom stereocenters. The van der Waals surface area contributed by atoms with E-state index >= 15 is 4.39 Å². The van der Waals surface area contributed by atoms with Crippen LogP contribution in [-0.2, 0) is 28.3 Å². The molecule has 0 spiro atoms. The SMILES string of the molecule is COCc1c(F)cc(-c2ccc(-n3cc(C(F)(F)F)nc3C)c(N(N)/C(=C\N)c3ccc(OC(F)(F)F)cc3)c2)cc1S(C)=O. The number of aromatic nitrogens is 2. The topological polar surface area (TPSA) is 109 Å². The third kappa shape index (κ3) is 7.46. The maximum atomic E-state index is 15.2. The van der Waals surface area contributed by atoms with Gasteiger partial charge in [-0.25, -0.2) is 15.2 Å². The Morgan fingerprint density at radius 3 is 2.24 bits per heavy atom. The number of rotatable bonds is 9. The predicted octanol–water partition coefficient (Wildman–Crippen LogP) is 6.43. The second kappa shape index (κ2) is 12.9. The summed E-state index contributed by atoms with van der Waals surface area (Å²) in [6.45, 7) is 1.21. The molecule has 0 radical (unpaired) electrons. The van der Waals surface area contributed by atoms with E-state index in [2.05, 4.69) is 9.72 Å². The normalized spacial score (nSPS) is 13.2. The second-order valence-corrected chi connectivity index (χ2v) is 10.9. The van der Waals surface area contributed by atoms with Crippen molar-refractivity contribution in [2.75, 3.05) is 18.4 Å². The van der Waals surface area contributed by atoms with E-state index < -0.39 is 40.6 Å². The van der Waals surface area contributed by atoms with Crippen LogP contribution >= 0.6 is 0 Å². The number of anilines is 1. The van der Waals surface area contributed by atoms with E-state index in [0.29, 0.717) is 5.56 Å². The van der Waals surface area contributed by atoms with Gasteiger partial charge in [0.05, 0.1) is 34.5 Å². The molecule has 0 aliphatic heterocycles. The summed E-state index contributed by atoms with van der Waals surface area (Å²) in [5.41, 5.74) is 5.82. The number of imidazole rings is 1. The Morgan fingerprint density at radius 2 is 1.71 bits per heavy atom. The van der Waals surface area contributed by atoms with Gasteiger partial charge in [-0.2, -0.15) is 13.2 Å². The zero-order chi connectivity index (χ0) is 33.3. The van der Waals surface area contributed by atoms with Crippen molar-refractivity contribution in [3.05, 3.63) is 95.5 Å². The van der Waals surface area contributed by atoms with E-state index in [-0.39, 0.29) is 51.1 Å². The van der Waals surface area contributed by atoms with E-state index in [9.17, 15) is 30.6 Å². The van der Waals surface area contributed by atoms with Gasteiger partial charge in [-0.3, -0.25) is 9.22 Å². The lowest BCUT2D eigenvalue weighted by molar-refractivity contribution is -0.274. The fourth-order valence-electron chi connectivity index (χ4n) is 4.54. The van der Waals surface area contributed by atoms with Gasteiger partial charge >= 0.3 is 12.5 Å². The van der Waals surface area contributed by atoms with Crippen molar-refractivity contribution in [1.82, 2.24) is 9.55 Å². The zero-order valence-electron chi connectivity index (χ0n) is 23.8. The Bertz CT molecular complexity index is 1750. The summed E-state index contributed by atoms with van der Waals surface area (Å²) in [6, 6.07) is 11.6. The molecule has 45 heavy (non-hydrogen) atoms. The predicted molar refractivity (Wildman–Crippen MR) is 154 cm³/mol. The van der Waals surface area contributed by atoms with E-state index in [4.69, 9.17) is 16.3 Å². The Morgan fingerprint density at radius 1 is 1.04 bits per heavy atom. The van der Waals surface area contributed by atoms with E-state index in [0.717, 1.165) is 34.1 Å².